The van der Waals surface area contributed by atoms with Gasteiger partial charge in [-0.25, -0.2) is 0 Å². The van der Waals surface area contributed by atoms with Gasteiger partial charge in [-0.15, -0.1) is 11.5 Å². The van der Waals surface area contributed by atoms with Gasteiger partial charge >= 0.3 is 0 Å². The molecule has 1 heterocycles. The van der Waals surface area contributed by atoms with Crippen molar-refractivity contribution in [3.05, 3.63) is 0 Å². The van der Waals surface area contributed by atoms with Gasteiger partial charge in [0.2, 0.25) is 0 Å². The fraction of sp³-hybridized carbons (Fsp3) is 0.833. The predicted octanol–water partition coefficient (Wildman–Crippen LogP) is 2.80. The molecule has 1 aliphatic heterocycles. The Labute approximate surface area is 94.4 Å². The topological polar surface area (TPSA) is 18.5 Å². The molecule has 0 N–H and O–H groups in total. The van der Waals surface area contributed by atoms with E-state index in [9.17, 15) is 0 Å². The molecule has 1 saturated heterocycles. The van der Waals surface area contributed by atoms with Crippen LogP contribution >= 0.6 is 0 Å². The van der Waals surface area contributed by atoms with E-state index in [1.54, 1.807) is 0 Å². The minimum Gasteiger partial charge on any atom is -0.353 e. The average Bonchev–Trinajstić information content (AvgIpc) is 2.17. The smallest absolute Gasteiger partial charge is 0.157 e. The van der Waals surface area contributed by atoms with E-state index >= 15 is 0 Å². The van der Waals surface area contributed by atoms with E-state index in [-0.39, 0.29) is 6.29 Å². The fourth-order valence-electron chi connectivity index (χ4n) is 1.41. The van der Waals surface area contributed by atoms with Crippen molar-refractivity contribution < 1.29 is 9.47 Å². The molecular formula is C12H22O2Si. The molecule has 1 rings (SSSR count). The van der Waals surface area contributed by atoms with Crippen molar-refractivity contribution in [1.82, 2.24) is 0 Å². The van der Waals surface area contributed by atoms with Crippen molar-refractivity contribution in [2.75, 3.05) is 13.2 Å². The molecule has 0 saturated carbocycles. The summed E-state index contributed by atoms with van der Waals surface area (Å²) in [5.74, 6) is 3.20. The van der Waals surface area contributed by atoms with Gasteiger partial charge in [0.25, 0.3) is 0 Å². The molecule has 1 unspecified atom stereocenters. The summed E-state index contributed by atoms with van der Waals surface area (Å²) in [6, 6.07) is 0. The lowest BCUT2D eigenvalue weighted by Gasteiger charge is -2.22. The molecule has 0 radical (unpaired) electrons. The molecule has 0 spiro atoms. The van der Waals surface area contributed by atoms with Crippen molar-refractivity contribution in [3.8, 4) is 11.5 Å². The van der Waals surface area contributed by atoms with E-state index in [1.807, 2.05) is 0 Å². The van der Waals surface area contributed by atoms with E-state index < -0.39 is 8.07 Å². The van der Waals surface area contributed by atoms with Crippen molar-refractivity contribution in [1.29, 1.82) is 0 Å². The van der Waals surface area contributed by atoms with Gasteiger partial charge < -0.3 is 9.47 Å². The molecule has 0 bridgehead atoms. The monoisotopic (exact) mass is 226 g/mol. The van der Waals surface area contributed by atoms with E-state index in [2.05, 4.69) is 31.1 Å². The van der Waals surface area contributed by atoms with Gasteiger partial charge in [-0.05, 0) is 19.3 Å². The zero-order valence-corrected chi connectivity index (χ0v) is 11.1. The lowest BCUT2D eigenvalue weighted by Crippen LogP contribution is -2.22. The van der Waals surface area contributed by atoms with Gasteiger partial charge in [-0.1, -0.05) is 19.6 Å². The Morgan fingerprint density at radius 3 is 2.73 bits per heavy atom. The van der Waals surface area contributed by atoms with Crippen LogP contribution in [-0.2, 0) is 9.47 Å². The fourth-order valence-corrected chi connectivity index (χ4v) is 2.07. The third-order valence-electron chi connectivity index (χ3n) is 2.13. The summed E-state index contributed by atoms with van der Waals surface area (Å²) < 4.78 is 11.1. The number of ether oxygens (including phenoxy) is 2. The van der Waals surface area contributed by atoms with Crippen LogP contribution in [0, 0.1) is 11.5 Å². The lowest BCUT2D eigenvalue weighted by atomic mass is 10.2. The first-order valence-corrected chi connectivity index (χ1v) is 9.31. The van der Waals surface area contributed by atoms with Crippen molar-refractivity contribution in [2.45, 2.75) is 51.6 Å². The number of hydrogen-bond donors (Lipinski definition) is 0. The molecule has 1 aliphatic rings. The molecule has 0 amide bonds. The van der Waals surface area contributed by atoms with E-state index in [1.165, 1.54) is 12.8 Å². The first-order chi connectivity index (χ1) is 7.08. The van der Waals surface area contributed by atoms with Crippen molar-refractivity contribution in [3.63, 3.8) is 0 Å². The van der Waals surface area contributed by atoms with Crippen molar-refractivity contribution in [2.24, 2.45) is 0 Å². The van der Waals surface area contributed by atoms with Gasteiger partial charge in [0, 0.05) is 13.0 Å². The van der Waals surface area contributed by atoms with Gasteiger partial charge in [-0.3, -0.25) is 0 Å². The van der Waals surface area contributed by atoms with Crippen LogP contribution in [-0.4, -0.2) is 27.6 Å². The Kier molecular flexibility index (Phi) is 5.38. The molecule has 0 aliphatic carbocycles. The molecule has 0 aromatic carbocycles. The van der Waals surface area contributed by atoms with Gasteiger partial charge in [0.15, 0.2) is 6.29 Å². The van der Waals surface area contributed by atoms with E-state index in [0.717, 1.165) is 19.4 Å². The maximum Gasteiger partial charge on any atom is 0.157 e. The predicted molar refractivity (Wildman–Crippen MR) is 65.3 cm³/mol. The Morgan fingerprint density at radius 1 is 1.33 bits per heavy atom. The molecule has 3 heteroatoms. The summed E-state index contributed by atoms with van der Waals surface area (Å²) in [7, 11) is -1.19. The van der Waals surface area contributed by atoms with Gasteiger partial charge in [0.1, 0.15) is 8.07 Å². The second-order valence-corrected chi connectivity index (χ2v) is 9.72. The summed E-state index contributed by atoms with van der Waals surface area (Å²) in [6.45, 7) is 8.33. The van der Waals surface area contributed by atoms with Crippen LogP contribution in [0.3, 0.4) is 0 Å². The number of rotatable bonds is 3. The van der Waals surface area contributed by atoms with Crippen LogP contribution in [0.15, 0.2) is 0 Å². The SMILES string of the molecule is C[Si](C)(C)C#CCCOC1CCCCO1. The van der Waals surface area contributed by atoms with E-state index in [0.29, 0.717) is 6.61 Å². The molecular weight excluding hydrogens is 204 g/mol. The summed E-state index contributed by atoms with van der Waals surface area (Å²) in [5, 5.41) is 0. The van der Waals surface area contributed by atoms with Crippen LogP contribution < -0.4 is 0 Å². The van der Waals surface area contributed by atoms with Crippen LogP contribution in [0.4, 0.5) is 0 Å². The van der Waals surface area contributed by atoms with Crippen molar-refractivity contribution >= 4 is 8.07 Å². The molecule has 15 heavy (non-hydrogen) atoms. The first kappa shape index (κ1) is 12.8. The maximum absolute atomic E-state index is 5.59. The Balaban J connectivity index is 2.07. The summed E-state index contributed by atoms with van der Waals surface area (Å²) in [4.78, 5) is 0. The third-order valence-corrected chi connectivity index (χ3v) is 3.06. The average molecular weight is 226 g/mol. The molecule has 2 nitrogen and oxygen atoms in total. The Hall–Kier alpha value is -0.303. The highest BCUT2D eigenvalue weighted by Crippen LogP contribution is 2.13. The van der Waals surface area contributed by atoms with Crippen LogP contribution in [0.5, 0.6) is 0 Å². The quantitative estimate of drug-likeness (QED) is 0.418. The molecule has 1 atom stereocenters. The molecule has 0 aromatic heterocycles. The maximum atomic E-state index is 5.59. The van der Waals surface area contributed by atoms with E-state index in [4.69, 9.17) is 9.47 Å². The normalized spacial score (nSPS) is 21.9. The second-order valence-electron chi connectivity index (χ2n) is 4.97. The minimum absolute atomic E-state index is 0.0347. The summed E-state index contributed by atoms with van der Waals surface area (Å²) in [6.07, 6.45) is 4.32. The Bertz CT molecular complexity index is 228. The first-order valence-electron chi connectivity index (χ1n) is 5.81. The third kappa shape index (κ3) is 6.72. The Morgan fingerprint density at radius 2 is 2.13 bits per heavy atom. The zero-order chi connectivity index (χ0) is 11.1. The second kappa shape index (κ2) is 6.32. The highest BCUT2D eigenvalue weighted by atomic mass is 28.3. The van der Waals surface area contributed by atoms with Gasteiger partial charge in [0.05, 0.1) is 6.61 Å². The standard InChI is InChI=1S/C12H22O2Si/c1-15(2,3)11-7-6-10-14-12-8-4-5-9-13-12/h12H,4-6,8-10H2,1-3H3. The minimum atomic E-state index is -1.19. The molecule has 1 fully saturated rings. The highest BCUT2D eigenvalue weighted by molar-refractivity contribution is 6.83. The number of hydrogen-bond acceptors (Lipinski definition) is 2. The van der Waals surface area contributed by atoms with Gasteiger partial charge in [-0.2, -0.15) is 0 Å². The largest absolute Gasteiger partial charge is 0.353 e. The summed E-state index contributed by atoms with van der Waals surface area (Å²) >= 11 is 0. The van der Waals surface area contributed by atoms with Crippen LogP contribution in [0.1, 0.15) is 25.7 Å². The molecule has 0 aromatic rings. The molecule has 86 valence electrons. The highest BCUT2D eigenvalue weighted by Gasteiger charge is 2.13. The van der Waals surface area contributed by atoms with Crippen LogP contribution in [0.25, 0.3) is 0 Å². The summed E-state index contributed by atoms with van der Waals surface area (Å²) in [5.41, 5.74) is 3.33. The lowest BCUT2D eigenvalue weighted by molar-refractivity contribution is -0.161. The zero-order valence-electron chi connectivity index (χ0n) is 10.1. The van der Waals surface area contributed by atoms with Crippen LogP contribution in [0.2, 0.25) is 19.6 Å².